The lowest BCUT2D eigenvalue weighted by Crippen LogP contribution is -1.98. The molecule has 0 atom stereocenters. The number of hydrogen-bond donors (Lipinski definition) is 1. The Morgan fingerprint density at radius 1 is 1.41 bits per heavy atom. The van der Waals surface area contributed by atoms with Crippen LogP contribution in [-0.2, 0) is 6.61 Å². The largest absolute Gasteiger partial charge is 0.484 e. The summed E-state index contributed by atoms with van der Waals surface area (Å²) in [7, 11) is 0. The van der Waals surface area contributed by atoms with E-state index in [0.717, 1.165) is 0 Å². The van der Waals surface area contributed by atoms with Crippen molar-refractivity contribution in [3.63, 3.8) is 0 Å². The fraction of sp³-hybridized carbons (Fsp3) is 0.182. The number of ether oxygens (including phenoxy) is 1. The third-order valence-electron chi connectivity index (χ3n) is 2.03. The average Bonchev–Trinajstić information content (AvgIpc) is 2.73. The molecule has 0 aliphatic carbocycles. The first-order valence-electron chi connectivity index (χ1n) is 4.90. The summed E-state index contributed by atoms with van der Waals surface area (Å²) in [6, 6.07) is 6.09. The molecule has 0 saturated heterocycles. The molecule has 0 spiro atoms. The van der Waals surface area contributed by atoms with Gasteiger partial charge in [0.05, 0.1) is 5.56 Å². The van der Waals surface area contributed by atoms with Crippen LogP contribution in [0.4, 0.5) is 0 Å². The van der Waals surface area contributed by atoms with Crippen molar-refractivity contribution < 1.29 is 19.2 Å². The fourth-order valence-corrected chi connectivity index (χ4v) is 1.24. The number of benzene rings is 1. The van der Waals surface area contributed by atoms with E-state index in [1.165, 1.54) is 12.1 Å². The van der Waals surface area contributed by atoms with Crippen molar-refractivity contribution in [3.05, 3.63) is 41.5 Å². The van der Waals surface area contributed by atoms with Crippen LogP contribution >= 0.6 is 0 Å². The average molecular weight is 234 g/mol. The van der Waals surface area contributed by atoms with E-state index in [1.807, 2.05) is 0 Å². The molecule has 0 radical (unpaired) electrons. The van der Waals surface area contributed by atoms with E-state index in [-0.39, 0.29) is 12.2 Å². The van der Waals surface area contributed by atoms with Crippen LogP contribution in [-0.4, -0.2) is 21.2 Å². The molecule has 2 aromatic rings. The fourth-order valence-electron chi connectivity index (χ4n) is 1.24. The van der Waals surface area contributed by atoms with E-state index in [4.69, 9.17) is 14.4 Å². The van der Waals surface area contributed by atoms with Crippen molar-refractivity contribution in [2.45, 2.75) is 13.5 Å². The van der Waals surface area contributed by atoms with Gasteiger partial charge >= 0.3 is 5.97 Å². The highest BCUT2D eigenvalue weighted by molar-refractivity contribution is 5.87. The van der Waals surface area contributed by atoms with Crippen LogP contribution in [0, 0.1) is 6.92 Å². The van der Waals surface area contributed by atoms with E-state index < -0.39 is 5.97 Å². The van der Waals surface area contributed by atoms with Crippen LogP contribution in [0.2, 0.25) is 0 Å². The smallest absolute Gasteiger partial charge is 0.335 e. The third kappa shape index (κ3) is 2.81. The molecule has 88 valence electrons. The molecule has 6 heteroatoms. The maximum Gasteiger partial charge on any atom is 0.335 e. The summed E-state index contributed by atoms with van der Waals surface area (Å²) < 4.78 is 10.2. The van der Waals surface area contributed by atoms with Crippen molar-refractivity contribution in [3.8, 4) is 5.75 Å². The normalized spacial score (nSPS) is 10.2. The highest BCUT2D eigenvalue weighted by atomic mass is 16.5. The van der Waals surface area contributed by atoms with Crippen molar-refractivity contribution in [1.82, 2.24) is 10.1 Å². The van der Waals surface area contributed by atoms with Gasteiger partial charge in [-0.15, -0.1) is 0 Å². The minimum absolute atomic E-state index is 0.160. The van der Waals surface area contributed by atoms with Crippen LogP contribution in [0.1, 0.15) is 22.1 Å². The Labute approximate surface area is 96.8 Å². The van der Waals surface area contributed by atoms with Gasteiger partial charge in [-0.3, -0.25) is 0 Å². The lowest BCUT2D eigenvalue weighted by Gasteiger charge is -2.02. The minimum atomic E-state index is -0.968. The van der Waals surface area contributed by atoms with Gasteiger partial charge in [0.1, 0.15) is 5.75 Å². The van der Waals surface area contributed by atoms with Crippen molar-refractivity contribution in [1.29, 1.82) is 0 Å². The van der Waals surface area contributed by atoms with E-state index in [0.29, 0.717) is 17.5 Å². The Morgan fingerprint density at radius 2 is 2.12 bits per heavy atom. The lowest BCUT2D eigenvalue weighted by atomic mass is 10.2. The summed E-state index contributed by atoms with van der Waals surface area (Å²) in [5.74, 6) is 0.504. The quantitative estimate of drug-likeness (QED) is 0.865. The van der Waals surface area contributed by atoms with Crippen molar-refractivity contribution >= 4 is 5.97 Å². The summed E-state index contributed by atoms with van der Waals surface area (Å²) in [6.07, 6.45) is 0. The summed E-state index contributed by atoms with van der Waals surface area (Å²) in [5, 5.41) is 12.3. The monoisotopic (exact) mass is 234 g/mol. The number of rotatable bonds is 4. The predicted molar refractivity (Wildman–Crippen MR) is 56.8 cm³/mol. The second-order valence-electron chi connectivity index (χ2n) is 3.35. The van der Waals surface area contributed by atoms with Crippen LogP contribution in [0.15, 0.2) is 28.8 Å². The number of nitrogens with zero attached hydrogens (tertiary/aromatic N) is 2. The second-order valence-corrected chi connectivity index (χ2v) is 3.35. The zero-order valence-electron chi connectivity index (χ0n) is 9.08. The van der Waals surface area contributed by atoms with E-state index in [2.05, 4.69) is 10.1 Å². The molecule has 2 rings (SSSR count). The summed E-state index contributed by atoms with van der Waals surface area (Å²) in [5.41, 5.74) is 0.214. The first kappa shape index (κ1) is 11.1. The van der Waals surface area contributed by atoms with Gasteiger partial charge in [0.25, 0.3) is 5.89 Å². The van der Waals surface area contributed by atoms with Gasteiger partial charge in [0.2, 0.25) is 0 Å². The Hall–Kier alpha value is -2.37. The molecular weight excluding hydrogens is 224 g/mol. The van der Waals surface area contributed by atoms with E-state index >= 15 is 0 Å². The van der Waals surface area contributed by atoms with Crippen LogP contribution in [0.5, 0.6) is 5.75 Å². The number of aromatic nitrogens is 2. The van der Waals surface area contributed by atoms with Gasteiger partial charge in [-0.25, -0.2) is 4.79 Å². The molecule has 0 aliphatic rings. The minimum Gasteiger partial charge on any atom is -0.484 e. The first-order valence-corrected chi connectivity index (χ1v) is 4.90. The maximum absolute atomic E-state index is 10.6. The molecule has 0 amide bonds. The van der Waals surface area contributed by atoms with Crippen molar-refractivity contribution in [2.75, 3.05) is 0 Å². The van der Waals surface area contributed by atoms with Gasteiger partial charge in [-0.2, -0.15) is 4.98 Å². The molecule has 1 N–H and O–H groups in total. The Balaban J connectivity index is 1.97. The van der Waals surface area contributed by atoms with Crippen LogP contribution < -0.4 is 4.74 Å². The molecule has 0 unspecified atom stereocenters. The number of hydrogen-bond acceptors (Lipinski definition) is 5. The number of aryl methyl sites for hydroxylation is 1. The SMILES string of the molecule is Cc1noc(COc2ccc(C(=O)O)cc2)n1. The van der Waals surface area contributed by atoms with Gasteiger partial charge in [-0.1, -0.05) is 5.16 Å². The zero-order chi connectivity index (χ0) is 12.3. The highest BCUT2D eigenvalue weighted by Crippen LogP contribution is 2.13. The van der Waals surface area contributed by atoms with Crippen LogP contribution in [0.25, 0.3) is 0 Å². The molecule has 0 aliphatic heterocycles. The maximum atomic E-state index is 10.6. The topological polar surface area (TPSA) is 85.5 Å². The van der Waals surface area contributed by atoms with Gasteiger partial charge in [-0.05, 0) is 31.2 Å². The lowest BCUT2D eigenvalue weighted by molar-refractivity contribution is 0.0697. The standard InChI is InChI=1S/C11H10N2O4/c1-7-12-10(17-13-7)6-16-9-4-2-8(3-5-9)11(14)15/h2-5H,6H2,1H3,(H,14,15). The van der Waals surface area contributed by atoms with Crippen molar-refractivity contribution in [2.24, 2.45) is 0 Å². The number of aromatic carboxylic acids is 1. The van der Waals surface area contributed by atoms with Gasteiger partial charge in [0, 0.05) is 0 Å². The predicted octanol–water partition coefficient (Wildman–Crippen LogP) is 1.66. The van der Waals surface area contributed by atoms with E-state index in [9.17, 15) is 4.79 Å². The second kappa shape index (κ2) is 4.65. The molecule has 1 heterocycles. The molecule has 0 bridgehead atoms. The van der Waals surface area contributed by atoms with Gasteiger partial charge in [0.15, 0.2) is 12.4 Å². The molecular formula is C11H10N2O4. The zero-order valence-corrected chi connectivity index (χ0v) is 9.08. The highest BCUT2D eigenvalue weighted by Gasteiger charge is 2.05. The Bertz CT molecular complexity index is 519. The number of carboxylic acids is 1. The first-order chi connectivity index (χ1) is 8.15. The molecule has 0 saturated carbocycles. The third-order valence-corrected chi connectivity index (χ3v) is 2.03. The molecule has 1 aromatic carbocycles. The number of carbonyl (C=O) groups is 1. The molecule has 0 fully saturated rings. The van der Waals surface area contributed by atoms with E-state index in [1.54, 1.807) is 19.1 Å². The Kier molecular flexibility index (Phi) is 3.04. The summed E-state index contributed by atoms with van der Waals surface area (Å²) in [6.45, 7) is 1.88. The van der Waals surface area contributed by atoms with Crippen LogP contribution in [0.3, 0.4) is 0 Å². The Morgan fingerprint density at radius 3 is 2.65 bits per heavy atom. The molecule has 1 aromatic heterocycles. The number of carboxylic acid groups (broad SMARTS) is 1. The molecule has 6 nitrogen and oxygen atoms in total. The molecule has 17 heavy (non-hydrogen) atoms. The summed E-state index contributed by atoms with van der Waals surface area (Å²) >= 11 is 0. The van der Waals surface area contributed by atoms with Gasteiger partial charge < -0.3 is 14.4 Å². The summed E-state index contributed by atoms with van der Waals surface area (Å²) in [4.78, 5) is 14.6.